The normalized spacial score (nSPS) is 14.4. The quantitative estimate of drug-likeness (QED) is 0.0213. The van der Waals surface area contributed by atoms with Crippen LogP contribution in [0.25, 0.3) is 0 Å². The van der Waals surface area contributed by atoms with Gasteiger partial charge in [-0.05, 0) is 77.0 Å². The van der Waals surface area contributed by atoms with Crippen LogP contribution in [0.2, 0.25) is 0 Å². The van der Waals surface area contributed by atoms with Gasteiger partial charge in [-0.3, -0.25) is 18.6 Å². The number of hydrogen-bond acceptors (Lipinski definition) is 8. The molecule has 0 spiro atoms. The molecule has 0 fully saturated rings. The fourth-order valence-electron chi connectivity index (χ4n) is 4.66. The van der Waals surface area contributed by atoms with Crippen LogP contribution in [0.3, 0.4) is 0 Å². The van der Waals surface area contributed by atoms with E-state index < -0.39 is 32.5 Å². The Kier molecular flexibility index (Phi) is 36.4. The second-order valence-electron chi connectivity index (χ2n) is 12.4. The number of ether oxygens (including phenoxy) is 2. The molecule has 0 aliphatic heterocycles. The molecule has 0 radical (unpaired) electrons. The van der Waals surface area contributed by atoms with Gasteiger partial charge < -0.3 is 20.1 Å². The van der Waals surface area contributed by atoms with Gasteiger partial charge in [0.15, 0.2) is 6.10 Å². The van der Waals surface area contributed by atoms with E-state index in [9.17, 15) is 19.0 Å². The van der Waals surface area contributed by atoms with Crippen LogP contribution in [0.4, 0.5) is 0 Å². The zero-order valence-corrected chi connectivity index (χ0v) is 33.6. The number of phosphoric acid groups is 1. The molecule has 0 amide bonds. The summed E-state index contributed by atoms with van der Waals surface area (Å²) in [6.45, 7) is 3.38. The summed E-state index contributed by atoms with van der Waals surface area (Å²) in [5.74, 6) is -0.904. The van der Waals surface area contributed by atoms with Crippen molar-refractivity contribution < 1.29 is 37.6 Å². The van der Waals surface area contributed by atoms with Crippen LogP contribution in [0.5, 0.6) is 0 Å². The van der Waals surface area contributed by atoms with Crippen LogP contribution < -0.4 is 5.73 Å². The summed E-state index contributed by atoms with van der Waals surface area (Å²) >= 11 is 0. The van der Waals surface area contributed by atoms with Crippen molar-refractivity contribution in [3.8, 4) is 0 Å². The molecule has 0 aromatic heterocycles. The van der Waals surface area contributed by atoms with Crippen LogP contribution >= 0.6 is 7.82 Å². The Morgan fingerprint density at radius 2 is 1.08 bits per heavy atom. The summed E-state index contributed by atoms with van der Waals surface area (Å²) in [4.78, 5) is 34.8. The molecule has 0 saturated heterocycles. The second-order valence-corrected chi connectivity index (χ2v) is 13.9. The maximum Gasteiger partial charge on any atom is 0.472 e. The lowest BCUT2D eigenvalue weighted by atomic mass is 10.1. The number of unbranched alkanes of at least 4 members (excludes halogenated alkanes) is 8. The fraction of sp³-hybridized carbons (Fsp3) is 0.581. The lowest BCUT2D eigenvalue weighted by Crippen LogP contribution is -2.29. The van der Waals surface area contributed by atoms with Gasteiger partial charge in [-0.2, -0.15) is 0 Å². The van der Waals surface area contributed by atoms with Crippen LogP contribution in [-0.2, 0) is 32.7 Å². The Balaban J connectivity index is 4.31. The highest BCUT2D eigenvalue weighted by molar-refractivity contribution is 7.47. The van der Waals surface area contributed by atoms with Gasteiger partial charge >= 0.3 is 19.8 Å². The van der Waals surface area contributed by atoms with Gasteiger partial charge in [0, 0.05) is 19.4 Å². The molecule has 0 saturated carbocycles. The zero-order chi connectivity index (χ0) is 38.9. The van der Waals surface area contributed by atoms with E-state index >= 15 is 0 Å². The highest BCUT2D eigenvalue weighted by Crippen LogP contribution is 2.43. The Morgan fingerprint density at radius 3 is 1.68 bits per heavy atom. The van der Waals surface area contributed by atoms with Gasteiger partial charge in [-0.15, -0.1) is 0 Å². The van der Waals surface area contributed by atoms with Gasteiger partial charge in [-0.25, -0.2) is 4.57 Å². The largest absolute Gasteiger partial charge is 0.472 e. The number of nitrogens with two attached hydrogens (primary N) is 1. The topological polar surface area (TPSA) is 134 Å². The molecule has 0 rings (SSSR count). The van der Waals surface area contributed by atoms with Gasteiger partial charge in [0.25, 0.3) is 0 Å². The second kappa shape index (κ2) is 38.6. The Bertz CT molecular complexity index is 1180. The molecule has 0 aliphatic rings. The van der Waals surface area contributed by atoms with Gasteiger partial charge in [0.05, 0.1) is 13.2 Å². The minimum atomic E-state index is -4.39. The number of esters is 2. The lowest BCUT2D eigenvalue weighted by molar-refractivity contribution is -0.161. The lowest BCUT2D eigenvalue weighted by Gasteiger charge is -2.19. The van der Waals surface area contributed by atoms with Crippen molar-refractivity contribution >= 4 is 19.8 Å². The highest BCUT2D eigenvalue weighted by Gasteiger charge is 2.25. The average Bonchev–Trinajstić information content (AvgIpc) is 3.14. The van der Waals surface area contributed by atoms with Gasteiger partial charge in [0.1, 0.15) is 6.61 Å². The number of carbonyl (C=O) groups is 2. The van der Waals surface area contributed by atoms with Crippen molar-refractivity contribution in [1.82, 2.24) is 0 Å². The van der Waals surface area contributed by atoms with Crippen LogP contribution in [0.15, 0.2) is 97.2 Å². The van der Waals surface area contributed by atoms with Crippen molar-refractivity contribution in [3.63, 3.8) is 0 Å². The van der Waals surface area contributed by atoms with E-state index in [1.165, 1.54) is 0 Å². The number of rotatable bonds is 35. The standard InChI is InChI=1S/C43H70NO8P/c1-3-5-7-9-11-13-15-17-18-19-20-21-22-24-25-27-29-31-33-35-42(45)49-39-41(40-51-53(47,48)50-38-37-44)52-43(46)36-34-32-30-28-26-23-16-14-12-10-8-6-4-2/h5-8,10-14,16-18,20-21,24-25,41H,3-4,9,15,19,22-23,26-40,44H2,1-2H3,(H,47,48)/b7-5+,8-6+,12-10+,13-11+,16-14+,18-17+,21-20+,25-24+. The summed E-state index contributed by atoms with van der Waals surface area (Å²) in [6, 6.07) is 0. The van der Waals surface area contributed by atoms with Crippen LogP contribution in [0, 0.1) is 0 Å². The first kappa shape index (κ1) is 49.9. The number of phosphoric ester groups is 1. The van der Waals surface area contributed by atoms with E-state index in [0.717, 1.165) is 89.9 Å². The van der Waals surface area contributed by atoms with Gasteiger partial charge in [0.2, 0.25) is 0 Å². The summed E-state index contributed by atoms with van der Waals surface area (Å²) in [7, 11) is -4.39. The third kappa shape index (κ3) is 38.5. The molecule has 2 atom stereocenters. The molecule has 2 unspecified atom stereocenters. The maximum atomic E-state index is 12.5. The molecular formula is C43H70NO8P. The molecule has 300 valence electrons. The molecule has 0 bridgehead atoms. The van der Waals surface area contributed by atoms with Crippen molar-refractivity contribution in [1.29, 1.82) is 0 Å². The summed E-state index contributed by atoms with van der Waals surface area (Å²) < 4.78 is 32.6. The molecule has 0 heterocycles. The first-order chi connectivity index (χ1) is 25.8. The fourth-order valence-corrected chi connectivity index (χ4v) is 5.42. The predicted octanol–water partition coefficient (Wildman–Crippen LogP) is 11.0. The Labute approximate surface area is 321 Å². The molecule has 3 N–H and O–H groups in total. The predicted molar refractivity (Wildman–Crippen MR) is 219 cm³/mol. The van der Waals surface area contributed by atoms with E-state index in [1.807, 2.05) is 18.2 Å². The molecule has 9 nitrogen and oxygen atoms in total. The third-order valence-electron chi connectivity index (χ3n) is 7.53. The van der Waals surface area contributed by atoms with E-state index in [1.54, 1.807) is 0 Å². The van der Waals surface area contributed by atoms with Gasteiger partial charge in [-0.1, -0.05) is 137 Å². The third-order valence-corrected chi connectivity index (χ3v) is 8.51. The molecular weight excluding hydrogens is 689 g/mol. The van der Waals surface area contributed by atoms with Crippen molar-refractivity contribution in [2.45, 2.75) is 136 Å². The first-order valence-electron chi connectivity index (χ1n) is 19.7. The summed E-state index contributed by atoms with van der Waals surface area (Å²) in [5.41, 5.74) is 5.33. The van der Waals surface area contributed by atoms with Crippen molar-refractivity contribution in [3.05, 3.63) is 97.2 Å². The van der Waals surface area contributed by atoms with E-state index in [4.69, 9.17) is 24.3 Å². The minimum absolute atomic E-state index is 0.0389. The van der Waals surface area contributed by atoms with Crippen LogP contribution in [0.1, 0.15) is 129 Å². The van der Waals surface area contributed by atoms with Crippen LogP contribution in [-0.4, -0.2) is 49.3 Å². The summed E-state index contributed by atoms with van der Waals surface area (Å²) in [5, 5.41) is 0. The molecule has 10 heteroatoms. The molecule has 0 aliphatic carbocycles. The van der Waals surface area contributed by atoms with E-state index in [2.05, 4.69) is 92.8 Å². The zero-order valence-electron chi connectivity index (χ0n) is 32.7. The number of hydrogen-bond donors (Lipinski definition) is 2. The van der Waals surface area contributed by atoms with E-state index in [-0.39, 0.29) is 32.6 Å². The Morgan fingerprint density at radius 1 is 0.585 bits per heavy atom. The highest BCUT2D eigenvalue weighted by atomic mass is 31.2. The van der Waals surface area contributed by atoms with E-state index in [0.29, 0.717) is 12.8 Å². The van der Waals surface area contributed by atoms with Crippen molar-refractivity contribution in [2.24, 2.45) is 5.73 Å². The summed E-state index contributed by atoms with van der Waals surface area (Å²) in [6.07, 6.45) is 48.7. The average molecular weight is 760 g/mol. The maximum absolute atomic E-state index is 12.5. The SMILES string of the molecule is CC/C=C/C=C/C=C/CCCCCCCC(=O)OC(COC(=O)CCCCC/C=C/C/C=C/C/C=C/C/C=C/C/C=C/CC)COP(=O)(O)OCCN. The number of carbonyl (C=O) groups excluding carboxylic acids is 2. The smallest absolute Gasteiger partial charge is 0.462 e. The Hall–Kier alpha value is -3.07. The monoisotopic (exact) mass is 759 g/mol. The van der Waals surface area contributed by atoms with Crippen molar-refractivity contribution in [2.75, 3.05) is 26.4 Å². The first-order valence-corrected chi connectivity index (χ1v) is 21.2. The molecule has 0 aromatic carbocycles. The number of allylic oxidation sites excluding steroid dienone is 16. The minimum Gasteiger partial charge on any atom is -0.462 e. The molecule has 53 heavy (non-hydrogen) atoms. The molecule has 0 aromatic rings.